The summed E-state index contributed by atoms with van der Waals surface area (Å²) in [4.78, 5) is 14.2. The van der Waals surface area contributed by atoms with Crippen molar-refractivity contribution in [3.8, 4) is 0 Å². The highest BCUT2D eigenvalue weighted by molar-refractivity contribution is 5.97. The second-order valence-corrected chi connectivity index (χ2v) is 4.91. The summed E-state index contributed by atoms with van der Waals surface area (Å²) >= 11 is 0. The average molecular weight is 268 g/mol. The fourth-order valence-electron chi connectivity index (χ4n) is 2.38. The maximum atomic E-state index is 12.5. The minimum absolute atomic E-state index is 0.0113. The highest BCUT2D eigenvalue weighted by Crippen LogP contribution is 2.20. The number of benzene rings is 1. The smallest absolute Gasteiger partial charge is 0.270 e. The molecule has 2 heterocycles. The molecule has 0 aliphatic heterocycles. The van der Waals surface area contributed by atoms with Gasteiger partial charge in [0.1, 0.15) is 5.69 Å². The van der Waals surface area contributed by atoms with Crippen molar-refractivity contribution < 1.29 is 9.21 Å². The first kappa shape index (κ1) is 12.5. The molecule has 0 radical (unpaired) electrons. The van der Waals surface area contributed by atoms with Gasteiger partial charge in [-0.15, -0.1) is 0 Å². The van der Waals surface area contributed by atoms with Crippen molar-refractivity contribution in [2.75, 3.05) is 7.05 Å². The molecule has 1 aromatic carbocycles. The number of carbonyl (C=O) groups is 1. The molecular formula is C16H16N2O2. The van der Waals surface area contributed by atoms with Crippen LogP contribution in [0.1, 0.15) is 16.1 Å². The Morgan fingerprint density at radius 1 is 1.25 bits per heavy atom. The number of furan rings is 1. The van der Waals surface area contributed by atoms with Crippen LogP contribution in [0.25, 0.3) is 11.1 Å². The summed E-state index contributed by atoms with van der Waals surface area (Å²) in [5.41, 5.74) is 3.42. The van der Waals surface area contributed by atoms with Crippen molar-refractivity contribution >= 4 is 17.0 Å². The van der Waals surface area contributed by atoms with Gasteiger partial charge in [-0.25, -0.2) is 0 Å². The van der Waals surface area contributed by atoms with E-state index in [0.29, 0.717) is 12.2 Å². The van der Waals surface area contributed by atoms with E-state index in [4.69, 9.17) is 4.42 Å². The Labute approximate surface area is 117 Å². The summed E-state index contributed by atoms with van der Waals surface area (Å²) < 4.78 is 7.20. The van der Waals surface area contributed by atoms with E-state index in [1.807, 2.05) is 55.1 Å². The molecule has 3 aromatic rings. The van der Waals surface area contributed by atoms with Crippen molar-refractivity contribution in [1.82, 2.24) is 9.47 Å². The van der Waals surface area contributed by atoms with Gasteiger partial charge in [-0.1, -0.05) is 30.3 Å². The van der Waals surface area contributed by atoms with Gasteiger partial charge in [0.2, 0.25) is 0 Å². The van der Waals surface area contributed by atoms with Gasteiger partial charge in [0.25, 0.3) is 5.91 Å². The van der Waals surface area contributed by atoms with Crippen molar-refractivity contribution in [3.05, 3.63) is 60.0 Å². The molecule has 0 atom stereocenters. The van der Waals surface area contributed by atoms with E-state index in [-0.39, 0.29) is 5.91 Å². The molecule has 0 bridgehead atoms. The largest absolute Gasteiger partial charge is 0.463 e. The maximum absolute atomic E-state index is 12.5. The molecule has 0 saturated carbocycles. The highest BCUT2D eigenvalue weighted by Gasteiger charge is 2.18. The van der Waals surface area contributed by atoms with Gasteiger partial charge in [-0.2, -0.15) is 0 Å². The van der Waals surface area contributed by atoms with Gasteiger partial charge in [0.15, 0.2) is 5.58 Å². The number of hydrogen-bond acceptors (Lipinski definition) is 2. The van der Waals surface area contributed by atoms with Crippen LogP contribution in [-0.2, 0) is 13.6 Å². The first-order valence-electron chi connectivity index (χ1n) is 6.49. The number of nitrogens with zero attached hydrogens (tertiary/aromatic N) is 2. The molecule has 0 unspecified atom stereocenters. The molecule has 4 nitrogen and oxygen atoms in total. The number of carbonyl (C=O) groups excluding carboxylic acids is 1. The SMILES string of the molecule is CN(Cc1ccccc1)C(=O)c1cc2occc2n1C. The molecule has 0 saturated heterocycles. The molecule has 0 fully saturated rings. The molecule has 3 rings (SSSR count). The lowest BCUT2D eigenvalue weighted by molar-refractivity contribution is 0.0776. The number of aromatic nitrogens is 1. The third-order valence-corrected chi connectivity index (χ3v) is 3.49. The second-order valence-electron chi connectivity index (χ2n) is 4.91. The van der Waals surface area contributed by atoms with Crippen molar-refractivity contribution in [1.29, 1.82) is 0 Å². The normalized spacial score (nSPS) is 10.9. The fourth-order valence-corrected chi connectivity index (χ4v) is 2.38. The molecule has 0 aliphatic carbocycles. The van der Waals surface area contributed by atoms with Crippen LogP contribution in [-0.4, -0.2) is 22.4 Å². The quantitative estimate of drug-likeness (QED) is 0.732. The minimum atomic E-state index is -0.0113. The highest BCUT2D eigenvalue weighted by atomic mass is 16.3. The van der Waals surface area contributed by atoms with Gasteiger partial charge in [-0.3, -0.25) is 4.79 Å². The van der Waals surface area contributed by atoms with Crippen LogP contribution in [0.4, 0.5) is 0 Å². The monoisotopic (exact) mass is 268 g/mol. The standard InChI is InChI=1S/C16H16N2O2/c1-17(11-12-6-4-3-5-7-12)16(19)14-10-15-13(18(14)2)8-9-20-15/h3-10H,11H2,1-2H3. The second kappa shape index (κ2) is 4.89. The number of rotatable bonds is 3. The van der Waals surface area contributed by atoms with Crippen LogP contribution in [0.15, 0.2) is 53.1 Å². The third-order valence-electron chi connectivity index (χ3n) is 3.49. The van der Waals surface area contributed by atoms with Gasteiger partial charge >= 0.3 is 0 Å². The van der Waals surface area contributed by atoms with Crippen molar-refractivity contribution in [3.63, 3.8) is 0 Å². The zero-order valence-electron chi connectivity index (χ0n) is 11.5. The number of aryl methyl sites for hydroxylation is 1. The van der Waals surface area contributed by atoms with E-state index in [9.17, 15) is 4.79 Å². The minimum Gasteiger partial charge on any atom is -0.463 e. The lowest BCUT2D eigenvalue weighted by Crippen LogP contribution is -2.27. The van der Waals surface area contributed by atoms with Gasteiger partial charge in [0.05, 0.1) is 11.8 Å². The summed E-state index contributed by atoms with van der Waals surface area (Å²) in [5, 5.41) is 0. The number of amides is 1. The van der Waals surface area contributed by atoms with Crippen molar-refractivity contribution in [2.24, 2.45) is 7.05 Å². The molecule has 0 N–H and O–H groups in total. The van der Waals surface area contributed by atoms with Crippen LogP contribution >= 0.6 is 0 Å². The first-order chi connectivity index (χ1) is 9.66. The van der Waals surface area contributed by atoms with Crippen LogP contribution in [0.5, 0.6) is 0 Å². The van der Waals surface area contributed by atoms with Gasteiger partial charge < -0.3 is 13.9 Å². The van der Waals surface area contributed by atoms with E-state index >= 15 is 0 Å². The molecular weight excluding hydrogens is 252 g/mol. The zero-order chi connectivity index (χ0) is 14.1. The van der Waals surface area contributed by atoms with Crippen molar-refractivity contribution in [2.45, 2.75) is 6.54 Å². The van der Waals surface area contributed by atoms with Crippen LogP contribution in [0.3, 0.4) is 0 Å². The maximum Gasteiger partial charge on any atom is 0.270 e. The average Bonchev–Trinajstić information content (AvgIpc) is 3.02. The molecule has 2 aromatic heterocycles. The topological polar surface area (TPSA) is 38.4 Å². The van der Waals surface area contributed by atoms with Crippen LogP contribution in [0.2, 0.25) is 0 Å². The number of fused-ring (bicyclic) bond motifs is 1. The molecule has 0 spiro atoms. The zero-order valence-corrected chi connectivity index (χ0v) is 11.5. The Balaban J connectivity index is 1.84. The van der Waals surface area contributed by atoms with Crippen LogP contribution in [0, 0.1) is 0 Å². The van der Waals surface area contributed by atoms with Gasteiger partial charge in [-0.05, 0) is 5.56 Å². The fraction of sp³-hybridized carbons (Fsp3) is 0.188. The third kappa shape index (κ3) is 2.09. The van der Waals surface area contributed by atoms with E-state index < -0.39 is 0 Å². The first-order valence-corrected chi connectivity index (χ1v) is 6.49. The Morgan fingerprint density at radius 3 is 2.70 bits per heavy atom. The molecule has 4 heteroatoms. The Bertz CT molecular complexity index is 740. The molecule has 0 aliphatic rings. The van der Waals surface area contributed by atoms with Crippen LogP contribution < -0.4 is 0 Å². The summed E-state index contributed by atoms with van der Waals surface area (Å²) in [6.07, 6.45) is 1.63. The van der Waals surface area contributed by atoms with Gasteiger partial charge in [0, 0.05) is 32.8 Å². The van der Waals surface area contributed by atoms with E-state index in [1.54, 1.807) is 17.2 Å². The van der Waals surface area contributed by atoms with E-state index in [0.717, 1.165) is 16.7 Å². The predicted molar refractivity (Wildman–Crippen MR) is 77.4 cm³/mol. The molecule has 20 heavy (non-hydrogen) atoms. The summed E-state index contributed by atoms with van der Waals surface area (Å²) in [6.45, 7) is 0.590. The van der Waals surface area contributed by atoms with E-state index in [2.05, 4.69) is 0 Å². The summed E-state index contributed by atoms with van der Waals surface area (Å²) in [7, 11) is 3.69. The Morgan fingerprint density at radius 2 is 2.00 bits per heavy atom. The summed E-state index contributed by atoms with van der Waals surface area (Å²) in [6, 6.07) is 13.6. The lowest BCUT2D eigenvalue weighted by atomic mass is 10.2. The van der Waals surface area contributed by atoms with E-state index in [1.165, 1.54) is 0 Å². The molecule has 1 amide bonds. The summed E-state index contributed by atoms with van der Waals surface area (Å²) in [5.74, 6) is -0.0113. The number of hydrogen-bond donors (Lipinski definition) is 0. The lowest BCUT2D eigenvalue weighted by Gasteiger charge is -2.17. The Kier molecular flexibility index (Phi) is 3.06. The Hall–Kier alpha value is -2.49. The molecule has 102 valence electrons. The predicted octanol–water partition coefficient (Wildman–Crippen LogP) is 3.04.